The van der Waals surface area contributed by atoms with E-state index < -0.39 is 29.9 Å². The van der Waals surface area contributed by atoms with E-state index in [9.17, 15) is 23.1 Å². The van der Waals surface area contributed by atoms with Crippen molar-refractivity contribution >= 4 is 5.97 Å². The van der Waals surface area contributed by atoms with Crippen LogP contribution in [-0.2, 0) is 19.1 Å². The van der Waals surface area contributed by atoms with Crippen molar-refractivity contribution in [3.8, 4) is 0 Å². The number of aliphatic hydroxyl groups is 1. The molecule has 0 aromatic rings. The number of rotatable bonds is 2. The zero-order chi connectivity index (χ0) is 14.3. The van der Waals surface area contributed by atoms with Crippen LogP contribution < -0.4 is 0 Å². The highest BCUT2D eigenvalue weighted by Crippen LogP contribution is 2.45. The van der Waals surface area contributed by atoms with Crippen molar-refractivity contribution in [1.29, 1.82) is 0 Å². The summed E-state index contributed by atoms with van der Waals surface area (Å²) in [6, 6.07) is -1.48. The summed E-state index contributed by atoms with van der Waals surface area (Å²) >= 11 is 0. The highest BCUT2D eigenvalue weighted by atomic mass is 19.4. The van der Waals surface area contributed by atoms with E-state index in [1.165, 1.54) is 6.92 Å². The van der Waals surface area contributed by atoms with E-state index in [-0.39, 0.29) is 26.4 Å². The highest BCUT2D eigenvalue weighted by Gasteiger charge is 2.72. The van der Waals surface area contributed by atoms with Crippen LogP contribution in [0.15, 0.2) is 0 Å². The minimum absolute atomic E-state index is 0.0406. The van der Waals surface area contributed by atoms with Gasteiger partial charge in [0.1, 0.15) is 0 Å². The second kappa shape index (κ2) is 4.89. The van der Waals surface area contributed by atoms with E-state index >= 15 is 0 Å². The number of ether oxygens (including phenoxy) is 2. The molecule has 0 bridgehead atoms. The molecule has 2 saturated heterocycles. The van der Waals surface area contributed by atoms with Crippen molar-refractivity contribution in [1.82, 2.24) is 5.06 Å². The Balaban J connectivity index is 2.33. The zero-order valence-corrected chi connectivity index (χ0v) is 10.1. The maximum Gasteiger partial charge on any atom is 0.422 e. The Morgan fingerprint density at radius 3 is 2.84 bits per heavy atom. The number of alkyl halides is 3. The Hall–Kier alpha value is -0.900. The van der Waals surface area contributed by atoms with Gasteiger partial charge in [-0.15, -0.1) is 0 Å². The molecule has 0 saturated carbocycles. The minimum Gasteiger partial charge on any atom is -0.464 e. The quantitative estimate of drug-likeness (QED) is 0.712. The summed E-state index contributed by atoms with van der Waals surface area (Å²) in [5.41, 5.74) is -3.33. The first-order chi connectivity index (χ1) is 8.82. The van der Waals surface area contributed by atoms with E-state index in [0.29, 0.717) is 0 Å². The third kappa shape index (κ3) is 2.20. The van der Waals surface area contributed by atoms with Crippen molar-refractivity contribution < 1.29 is 37.4 Å². The Labute approximate surface area is 107 Å². The zero-order valence-electron chi connectivity index (χ0n) is 10.1. The van der Waals surface area contributed by atoms with Crippen LogP contribution in [0.4, 0.5) is 13.2 Å². The van der Waals surface area contributed by atoms with E-state index in [1.54, 1.807) is 0 Å². The molecule has 9 heteroatoms. The van der Waals surface area contributed by atoms with Crippen LogP contribution in [0.25, 0.3) is 0 Å². The molecule has 2 aliphatic heterocycles. The van der Waals surface area contributed by atoms with Gasteiger partial charge in [0.05, 0.1) is 25.9 Å². The van der Waals surface area contributed by atoms with Gasteiger partial charge in [-0.2, -0.15) is 18.2 Å². The topological polar surface area (TPSA) is 68.2 Å². The molecule has 0 unspecified atom stereocenters. The van der Waals surface area contributed by atoms with Gasteiger partial charge in [-0.1, -0.05) is 0 Å². The van der Waals surface area contributed by atoms with Gasteiger partial charge in [0.25, 0.3) is 0 Å². The molecule has 0 radical (unpaired) electrons. The maximum absolute atomic E-state index is 13.1. The summed E-state index contributed by atoms with van der Waals surface area (Å²) in [5, 5.41) is 11.0. The molecule has 0 aromatic heterocycles. The molecule has 6 nitrogen and oxygen atoms in total. The lowest BCUT2D eigenvalue weighted by atomic mass is 9.88. The number of carbonyl (C=O) groups is 1. The number of hydroxylamine groups is 2. The van der Waals surface area contributed by atoms with Crippen LogP contribution in [-0.4, -0.2) is 66.4 Å². The first-order valence-electron chi connectivity index (χ1n) is 5.79. The first-order valence-corrected chi connectivity index (χ1v) is 5.79. The van der Waals surface area contributed by atoms with Crippen LogP contribution in [0.1, 0.15) is 6.92 Å². The van der Waals surface area contributed by atoms with Gasteiger partial charge in [0.15, 0.2) is 0 Å². The Morgan fingerprint density at radius 1 is 1.58 bits per heavy atom. The van der Waals surface area contributed by atoms with Crippen LogP contribution >= 0.6 is 0 Å². The molecule has 0 aromatic carbocycles. The standard InChI is InChI=1S/C10H14F3NO5/c1-2-18-8(15)7-9(16,10(11,12)13)6-5-17-4-3-14(6)19-7/h6-7,16H,2-5H2,1H3/t6-,7+,9+/m1/s1. The summed E-state index contributed by atoms with van der Waals surface area (Å²) in [6.07, 6.45) is -7.16. The third-order valence-corrected chi connectivity index (χ3v) is 3.18. The predicted octanol–water partition coefficient (Wildman–Crippen LogP) is -0.142. The number of nitrogens with zero attached hydrogens (tertiary/aromatic N) is 1. The van der Waals surface area contributed by atoms with E-state index in [4.69, 9.17) is 9.57 Å². The fourth-order valence-corrected chi connectivity index (χ4v) is 2.23. The number of fused-ring (bicyclic) bond motifs is 1. The molecule has 0 aliphatic carbocycles. The van der Waals surface area contributed by atoms with Gasteiger partial charge in [0, 0.05) is 6.54 Å². The molecule has 2 rings (SSSR count). The average Bonchev–Trinajstić information content (AvgIpc) is 2.65. The lowest BCUT2D eigenvalue weighted by Crippen LogP contribution is -2.64. The lowest BCUT2D eigenvalue weighted by molar-refractivity contribution is -0.280. The molecule has 0 spiro atoms. The smallest absolute Gasteiger partial charge is 0.422 e. The van der Waals surface area contributed by atoms with Crippen LogP contribution in [0, 0.1) is 0 Å². The Kier molecular flexibility index (Phi) is 3.74. The molecule has 1 N–H and O–H groups in total. The van der Waals surface area contributed by atoms with Crippen molar-refractivity contribution in [2.24, 2.45) is 0 Å². The summed E-state index contributed by atoms with van der Waals surface area (Å²) in [4.78, 5) is 16.5. The molecular formula is C10H14F3NO5. The van der Waals surface area contributed by atoms with Gasteiger partial charge in [0.2, 0.25) is 11.7 Å². The molecule has 110 valence electrons. The molecule has 3 atom stereocenters. The third-order valence-electron chi connectivity index (χ3n) is 3.18. The Bertz CT molecular complexity index is 364. The number of halogens is 3. The lowest BCUT2D eigenvalue weighted by Gasteiger charge is -2.36. The molecule has 19 heavy (non-hydrogen) atoms. The van der Waals surface area contributed by atoms with Gasteiger partial charge in [-0.25, -0.2) is 4.79 Å². The number of morpholine rings is 1. The summed E-state index contributed by atoms with van der Waals surface area (Å²) in [6.45, 7) is 1.19. The van der Waals surface area contributed by atoms with Crippen LogP contribution in [0.2, 0.25) is 0 Å². The summed E-state index contributed by atoms with van der Waals surface area (Å²) in [7, 11) is 0. The molecular weight excluding hydrogens is 271 g/mol. The van der Waals surface area contributed by atoms with Crippen molar-refractivity contribution in [3.63, 3.8) is 0 Å². The second-order valence-corrected chi connectivity index (χ2v) is 4.29. The second-order valence-electron chi connectivity index (χ2n) is 4.29. The molecule has 0 amide bonds. The van der Waals surface area contributed by atoms with Gasteiger partial charge < -0.3 is 14.6 Å². The van der Waals surface area contributed by atoms with Crippen molar-refractivity contribution in [2.45, 2.75) is 30.8 Å². The summed E-state index contributed by atoms with van der Waals surface area (Å²) < 4.78 is 48.9. The normalized spacial score (nSPS) is 36.1. The SMILES string of the molecule is CCOC(=O)[C@@H]1ON2CCOC[C@@H]2[C@@]1(O)C(F)(F)F. The van der Waals surface area contributed by atoms with Gasteiger partial charge >= 0.3 is 12.1 Å². The molecule has 2 fully saturated rings. The van der Waals surface area contributed by atoms with Crippen molar-refractivity contribution in [3.05, 3.63) is 0 Å². The highest BCUT2D eigenvalue weighted by molar-refractivity contribution is 5.77. The fraction of sp³-hybridized carbons (Fsp3) is 0.900. The fourth-order valence-electron chi connectivity index (χ4n) is 2.23. The molecule has 2 heterocycles. The van der Waals surface area contributed by atoms with E-state index in [0.717, 1.165) is 5.06 Å². The maximum atomic E-state index is 13.1. The molecule has 2 aliphatic rings. The average molecular weight is 285 g/mol. The summed E-state index contributed by atoms with van der Waals surface area (Å²) in [5.74, 6) is -1.24. The predicted molar refractivity (Wildman–Crippen MR) is 53.8 cm³/mol. The largest absolute Gasteiger partial charge is 0.464 e. The Morgan fingerprint density at radius 2 is 2.26 bits per heavy atom. The first kappa shape index (κ1) is 14.5. The van der Waals surface area contributed by atoms with Crippen LogP contribution in [0.3, 0.4) is 0 Å². The minimum atomic E-state index is -5.04. The van der Waals surface area contributed by atoms with Gasteiger partial charge in [-0.05, 0) is 6.92 Å². The van der Waals surface area contributed by atoms with Crippen LogP contribution in [0.5, 0.6) is 0 Å². The van der Waals surface area contributed by atoms with Gasteiger partial charge in [-0.3, -0.25) is 4.84 Å². The number of esters is 1. The van der Waals surface area contributed by atoms with Crippen molar-refractivity contribution in [2.75, 3.05) is 26.4 Å². The monoisotopic (exact) mass is 285 g/mol. The van der Waals surface area contributed by atoms with E-state index in [1.807, 2.05) is 0 Å². The number of hydrogen-bond acceptors (Lipinski definition) is 6. The number of hydrogen-bond donors (Lipinski definition) is 1. The number of carbonyl (C=O) groups excluding carboxylic acids is 1. The van der Waals surface area contributed by atoms with E-state index in [2.05, 4.69) is 4.74 Å².